The number of hydrogen-bond donors (Lipinski definition) is 6. The Hall–Kier alpha value is -3.22. The number of nitrogens with zero attached hydrogens (tertiary/aromatic N) is 3. The van der Waals surface area contributed by atoms with E-state index in [0.717, 1.165) is 6.42 Å². The maximum atomic E-state index is 12.8. The molecule has 0 radical (unpaired) electrons. The number of guanidine groups is 1. The topological polar surface area (TPSA) is 219 Å². The molecule has 0 saturated carbocycles. The van der Waals surface area contributed by atoms with Crippen molar-refractivity contribution < 1.29 is 18.9 Å². The van der Waals surface area contributed by atoms with Crippen LogP contribution in [0.25, 0.3) is 0 Å². The van der Waals surface area contributed by atoms with Crippen molar-refractivity contribution in [2.45, 2.75) is 63.6 Å². The Bertz CT molecular complexity index is 797. The zero-order valence-electron chi connectivity index (χ0n) is 17.6. The average molecular weight is 438 g/mol. The van der Waals surface area contributed by atoms with Gasteiger partial charge in [0, 0.05) is 19.5 Å². The van der Waals surface area contributed by atoms with Crippen LogP contribution in [0.1, 0.15) is 69.2 Å². The van der Waals surface area contributed by atoms with Crippen molar-refractivity contribution in [2.75, 3.05) is 13.1 Å². The molecule has 13 heteroatoms. The third kappa shape index (κ3) is 7.20. The largest absolute Gasteiger partial charge is 0.370 e. The Kier molecular flexibility index (Phi) is 8.73. The van der Waals surface area contributed by atoms with Gasteiger partial charge in [-0.25, -0.2) is 4.79 Å². The Morgan fingerprint density at radius 3 is 2.71 bits per heavy atom. The summed E-state index contributed by atoms with van der Waals surface area (Å²) in [5.74, 6) is -0.315. The standard InChI is InChI=1S/C18H31N9O4/c1-10(28)13-5-3-9-27(13)18(30)24-12(4-2-8-23-17(21)22)16-25-15(26-31-16)11(19)6-7-14(20)29/h11-13H,2-9,19H2,1H3,(H2,20,29)(H,24,30)(H4,21,22,23)/t11-,12-,13?/m0/s1. The van der Waals surface area contributed by atoms with Crippen LogP contribution in [-0.2, 0) is 9.59 Å². The molecule has 0 aliphatic carbocycles. The molecule has 0 spiro atoms. The highest BCUT2D eigenvalue weighted by atomic mass is 16.5. The first kappa shape index (κ1) is 24.1. The van der Waals surface area contributed by atoms with E-state index in [0.29, 0.717) is 32.4 Å². The number of Topliss-reactive ketones (excluding diaryl/α,β-unsaturated/α-hetero) is 1. The first-order valence-corrected chi connectivity index (χ1v) is 10.2. The monoisotopic (exact) mass is 437 g/mol. The molecule has 1 aliphatic rings. The molecular weight excluding hydrogens is 406 g/mol. The lowest BCUT2D eigenvalue weighted by Gasteiger charge is -2.25. The quantitative estimate of drug-likeness (QED) is 0.148. The summed E-state index contributed by atoms with van der Waals surface area (Å²) in [6.45, 7) is 2.38. The first-order chi connectivity index (χ1) is 14.7. The summed E-state index contributed by atoms with van der Waals surface area (Å²) in [6, 6.07) is -2.10. The number of carbonyl (C=O) groups is 3. The van der Waals surface area contributed by atoms with Crippen molar-refractivity contribution in [3.05, 3.63) is 11.7 Å². The number of nitrogens with one attached hydrogen (secondary N) is 3. The van der Waals surface area contributed by atoms with Crippen LogP contribution in [0.2, 0.25) is 0 Å². The number of urea groups is 1. The Morgan fingerprint density at radius 1 is 1.32 bits per heavy atom. The number of primary amides is 1. The van der Waals surface area contributed by atoms with Gasteiger partial charge >= 0.3 is 6.03 Å². The third-order valence-corrected chi connectivity index (χ3v) is 5.05. The highest BCUT2D eigenvalue weighted by molar-refractivity contribution is 5.87. The molecule has 9 N–H and O–H groups in total. The Balaban J connectivity index is 2.09. The molecule has 2 heterocycles. The van der Waals surface area contributed by atoms with E-state index in [9.17, 15) is 14.4 Å². The molecule has 0 aromatic carbocycles. The van der Waals surface area contributed by atoms with Crippen molar-refractivity contribution in [2.24, 2.45) is 17.2 Å². The van der Waals surface area contributed by atoms with Gasteiger partial charge in [-0.15, -0.1) is 0 Å². The summed E-state index contributed by atoms with van der Waals surface area (Å²) in [5, 5.41) is 16.6. The SMILES string of the molecule is CC(=O)C1CCCN1C(=O)N[C@@H](CCCNC(=N)N)c1nc([C@@H](N)CCC(N)=O)no1. The van der Waals surface area contributed by atoms with Gasteiger partial charge in [-0.2, -0.15) is 4.98 Å². The third-order valence-electron chi connectivity index (χ3n) is 5.05. The van der Waals surface area contributed by atoms with Crippen LogP contribution >= 0.6 is 0 Å². The summed E-state index contributed by atoms with van der Waals surface area (Å²) in [7, 11) is 0. The predicted octanol–water partition coefficient (Wildman–Crippen LogP) is -0.598. The highest BCUT2D eigenvalue weighted by Gasteiger charge is 2.34. The lowest BCUT2D eigenvalue weighted by molar-refractivity contribution is -0.120. The van der Waals surface area contributed by atoms with Gasteiger partial charge in [-0.3, -0.25) is 15.0 Å². The molecule has 1 saturated heterocycles. The van der Waals surface area contributed by atoms with Gasteiger partial charge in [0.15, 0.2) is 17.6 Å². The fourth-order valence-electron chi connectivity index (χ4n) is 3.42. The lowest BCUT2D eigenvalue weighted by Crippen LogP contribution is -2.46. The molecule has 1 aliphatic heterocycles. The molecule has 3 atom stereocenters. The van der Waals surface area contributed by atoms with Crippen LogP contribution in [-0.4, -0.2) is 57.9 Å². The first-order valence-electron chi connectivity index (χ1n) is 10.2. The van der Waals surface area contributed by atoms with Crippen molar-refractivity contribution in [1.82, 2.24) is 25.7 Å². The van der Waals surface area contributed by atoms with E-state index in [4.69, 9.17) is 27.1 Å². The Morgan fingerprint density at radius 2 is 2.06 bits per heavy atom. The minimum atomic E-state index is -0.638. The van der Waals surface area contributed by atoms with Gasteiger partial charge in [-0.1, -0.05) is 5.16 Å². The number of ketones is 1. The van der Waals surface area contributed by atoms with Crippen LogP contribution in [0.15, 0.2) is 4.52 Å². The van der Waals surface area contributed by atoms with Gasteiger partial charge in [0.2, 0.25) is 11.8 Å². The lowest BCUT2D eigenvalue weighted by atomic mass is 10.1. The number of amides is 3. The number of aromatic nitrogens is 2. The summed E-state index contributed by atoms with van der Waals surface area (Å²) < 4.78 is 5.33. The van der Waals surface area contributed by atoms with E-state index in [2.05, 4.69) is 20.8 Å². The predicted molar refractivity (Wildman–Crippen MR) is 110 cm³/mol. The summed E-state index contributed by atoms with van der Waals surface area (Å²) in [6.07, 6.45) is 2.71. The summed E-state index contributed by atoms with van der Waals surface area (Å²) in [4.78, 5) is 41.4. The highest BCUT2D eigenvalue weighted by Crippen LogP contribution is 2.23. The number of carbonyl (C=O) groups excluding carboxylic acids is 3. The molecule has 1 unspecified atom stereocenters. The van der Waals surface area contributed by atoms with Crippen LogP contribution in [0.3, 0.4) is 0 Å². The average Bonchev–Trinajstić information content (AvgIpc) is 3.38. The van der Waals surface area contributed by atoms with E-state index >= 15 is 0 Å². The van der Waals surface area contributed by atoms with Crippen molar-refractivity contribution in [1.29, 1.82) is 5.41 Å². The Labute approximate surface area is 179 Å². The second-order valence-electron chi connectivity index (χ2n) is 7.55. The second kappa shape index (κ2) is 11.2. The van der Waals surface area contributed by atoms with Crippen LogP contribution in [0, 0.1) is 5.41 Å². The van der Waals surface area contributed by atoms with Gasteiger partial charge < -0.3 is 37.3 Å². The number of likely N-dealkylation sites (tertiary alicyclic amines) is 1. The molecule has 1 aromatic heterocycles. The summed E-state index contributed by atoms with van der Waals surface area (Å²) in [5.41, 5.74) is 16.4. The zero-order chi connectivity index (χ0) is 23.0. The molecule has 1 aromatic rings. The van der Waals surface area contributed by atoms with Gasteiger partial charge in [0.05, 0.1) is 12.1 Å². The second-order valence-corrected chi connectivity index (χ2v) is 7.55. The minimum Gasteiger partial charge on any atom is -0.370 e. The van der Waals surface area contributed by atoms with Crippen LogP contribution in [0.4, 0.5) is 4.79 Å². The molecule has 31 heavy (non-hydrogen) atoms. The molecule has 2 rings (SSSR count). The molecule has 3 amide bonds. The van der Waals surface area contributed by atoms with E-state index in [1.807, 2.05) is 0 Å². The molecule has 13 nitrogen and oxygen atoms in total. The van der Waals surface area contributed by atoms with Gasteiger partial charge in [0.25, 0.3) is 0 Å². The fraction of sp³-hybridized carbons (Fsp3) is 0.667. The number of nitrogens with two attached hydrogens (primary N) is 3. The van der Waals surface area contributed by atoms with E-state index in [-0.39, 0.29) is 42.3 Å². The maximum absolute atomic E-state index is 12.8. The van der Waals surface area contributed by atoms with Crippen LogP contribution in [0.5, 0.6) is 0 Å². The molecular formula is C18H31N9O4. The van der Waals surface area contributed by atoms with Gasteiger partial charge in [-0.05, 0) is 39.0 Å². The minimum absolute atomic E-state index is 0.0599. The van der Waals surface area contributed by atoms with E-state index in [1.54, 1.807) is 0 Å². The summed E-state index contributed by atoms with van der Waals surface area (Å²) >= 11 is 0. The van der Waals surface area contributed by atoms with Crippen molar-refractivity contribution in [3.8, 4) is 0 Å². The molecule has 172 valence electrons. The number of rotatable bonds is 11. The zero-order valence-corrected chi connectivity index (χ0v) is 17.6. The normalized spacial score (nSPS) is 17.7. The van der Waals surface area contributed by atoms with Crippen LogP contribution < -0.4 is 27.8 Å². The van der Waals surface area contributed by atoms with E-state index < -0.39 is 24.0 Å². The number of hydrogen-bond acceptors (Lipinski definition) is 8. The van der Waals surface area contributed by atoms with Gasteiger partial charge in [0.1, 0.15) is 6.04 Å². The van der Waals surface area contributed by atoms with Crippen molar-refractivity contribution in [3.63, 3.8) is 0 Å². The van der Waals surface area contributed by atoms with Crippen molar-refractivity contribution >= 4 is 23.7 Å². The molecule has 1 fully saturated rings. The fourth-order valence-corrected chi connectivity index (χ4v) is 3.42. The maximum Gasteiger partial charge on any atom is 0.318 e. The van der Waals surface area contributed by atoms with E-state index in [1.165, 1.54) is 11.8 Å². The molecule has 0 bridgehead atoms. The smallest absolute Gasteiger partial charge is 0.318 e.